The van der Waals surface area contributed by atoms with E-state index in [2.05, 4.69) is 16.4 Å². The monoisotopic (exact) mass is 379 g/mol. The molecule has 1 heterocycles. The first-order valence-corrected chi connectivity index (χ1v) is 8.98. The molecule has 0 aliphatic rings. The van der Waals surface area contributed by atoms with Gasteiger partial charge in [-0.15, -0.1) is 0 Å². The molecule has 1 amide bonds. The van der Waals surface area contributed by atoms with Gasteiger partial charge in [-0.05, 0) is 42.3 Å². The highest BCUT2D eigenvalue weighted by atomic mass is 35.5. The Balaban J connectivity index is 2.18. The van der Waals surface area contributed by atoms with Crippen LogP contribution in [0.3, 0.4) is 0 Å². The highest BCUT2D eigenvalue weighted by molar-refractivity contribution is 6.35. The number of nitriles is 1. The topological polar surface area (TPSA) is 86.0 Å². The lowest BCUT2D eigenvalue weighted by molar-refractivity contribution is -0.121. The second-order valence-electron chi connectivity index (χ2n) is 6.18. The molecule has 0 spiro atoms. The van der Waals surface area contributed by atoms with E-state index in [0.717, 1.165) is 0 Å². The number of aromatic hydroxyl groups is 1. The summed E-state index contributed by atoms with van der Waals surface area (Å²) < 4.78 is 0. The van der Waals surface area contributed by atoms with Gasteiger partial charge in [0.15, 0.2) is 0 Å². The number of carbonyl (C=O) groups excluding carboxylic acids is 1. The van der Waals surface area contributed by atoms with Gasteiger partial charge >= 0.3 is 0 Å². The molecule has 0 radical (unpaired) electrons. The molecule has 3 aromatic rings. The van der Waals surface area contributed by atoms with Crippen molar-refractivity contribution in [2.24, 2.45) is 0 Å². The zero-order valence-electron chi connectivity index (χ0n) is 14.7. The van der Waals surface area contributed by atoms with Crippen molar-refractivity contribution in [3.8, 4) is 11.8 Å². The lowest BCUT2D eigenvalue weighted by Gasteiger charge is -2.22. The summed E-state index contributed by atoms with van der Waals surface area (Å²) in [6.45, 7) is 1.92. The first kappa shape index (κ1) is 18.7. The van der Waals surface area contributed by atoms with Gasteiger partial charge in [0.05, 0.1) is 22.7 Å². The van der Waals surface area contributed by atoms with E-state index in [1.165, 1.54) is 0 Å². The molecule has 0 bridgehead atoms. The molecule has 0 saturated carbocycles. The fraction of sp³-hybridized carbons (Fsp3) is 0.190. The number of hydrogen-bond donors (Lipinski definition) is 2. The van der Waals surface area contributed by atoms with Gasteiger partial charge in [-0.3, -0.25) is 9.78 Å². The van der Waals surface area contributed by atoms with Crippen molar-refractivity contribution < 1.29 is 9.90 Å². The molecular formula is C21H18ClN3O2. The fourth-order valence-electron chi connectivity index (χ4n) is 3.01. The van der Waals surface area contributed by atoms with E-state index < -0.39 is 6.04 Å². The maximum Gasteiger partial charge on any atom is 0.220 e. The molecule has 1 unspecified atom stereocenters. The fourth-order valence-corrected chi connectivity index (χ4v) is 3.28. The Bertz CT molecular complexity index is 1040. The lowest BCUT2D eigenvalue weighted by Crippen LogP contribution is -2.29. The number of nitrogens with zero attached hydrogens (tertiary/aromatic N) is 2. The van der Waals surface area contributed by atoms with E-state index in [9.17, 15) is 15.2 Å². The number of hydrogen-bond acceptors (Lipinski definition) is 4. The first-order chi connectivity index (χ1) is 13.0. The summed E-state index contributed by atoms with van der Waals surface area (Å²) in [6, 6.07) is 13.5. The van der Waals surface area contributed by atoms with Gasteiger partial charge in [0, 0.05) is 23.6 Å². The summed E-state index contributed by atoms with van der Waals surface area (Å²) in [4.78, 5) is 16.5. The van der Waals surface area contributed by atoms with Gasteiger partial charge in [0.25, 0.3) is 0 Å². The molecule has 6 heteroatoms. The highest BCUT2D eigenvalue weighted by Crippen LogP contribution is 2.38. The van der Waals surface area contributed by atoms with Crippen molar-refractivity contribution in [3.63, 3.8) is 0 Å². The molecule has 0 aliphatic carbocycles. The molecule has 136 valence electrons. The van der Waals surface area contributed by atoms with Gasteiger partial charge < -0.3 is 10.4 Å². The number of phenolic OH excluding ortho intramolecular Hbond substituents is 1. The predicted octanol–water partition coefficient (Wildman–Crippen LogP) is 4.47. The summed E-state index contributed by atoms with van der Waals surface area (Å²) in [7, 11) is 0. The molecule has 2 aromatic carbocycles. The average molecular weight is 380 g/mol. The van der Waals surface area contributed by atoms with Crippen molar-refractivity contribution >= 4 is 28.4 Å². The Morgan fingerprint density at radius 1 is 1.33 bits per heavy atom. The second kappa shape index (κ2) is 8.07. The molecule has 1 aromatic heterocycles. The molecule has 5 nitrogen and oxygen atoms in total. The minimum atomic E-state index is -0.652. The van der Waals surface area contributed by atoms with E-state index in [-0.39, 0.29) is 11.7 Å². The standard InChI is InChI=1S/C21H18ClN3O2/c1-2-5-18(26)25-19(14-7-3-6-13(10-14)12-23)16-11-17(22)15-8-4-9-24-20(15)21(16)27/h3-4,6-11,19,27H,2,5H2,1H3,(H,25,26). The van der Waals surface area contributed by atoms with Crippen LogP contribution in [0.5, 0.6) is 5.75 Å². The number of benzene rings is 2. The predicted molar refractivity (Wildman–Crippen MR) is 104 cm³/mol. The minimum Gasteiger partial charge on any atom is -0.505 e. The SMILES string of the molecule is CCCC(=O)NC(c1cccc(C#N)c1)c1cc(Cl)c2cccnc2c1O. The molecule has 0 saturated heterocycles. The highest BCUT2D eigenvalue weighted by Gasteiger charge is 2.23. The Labute approximate surface area is 162 Å². The first-order valence-electron chi connectivity index (χ1n) is 8.60. The van der Waals surface area contributed by atoms with Crippen LogP contribution in [0.15, 0.2) is 48.7 Å². The molecule has 3 rings (SSSR count). The van der Waals surface area contributed by atoms with Gasteiger partial charge in [-0.1, -0.05) is 30.7 Å². The van der Waals surface area contributed by atoms with Crippen LogP contribution in [0.2, 0.25) is 5.02 Å². The number of nitrogens with one attached hydrogen (secondary N) is 1. The van der Waals surface area contributed by atoms with Crippen LogP contribution in [0, 0.1) is 11.3 Å². The van der Waals surface area contributed by atoms with Gasteiger partial charge in [0.2, 0.25) is 5.91 Å². The van der Waals surface area contributed by atoms with Crippen LogP contribution < -0.4 is 5.32 Å². The van der Waals surface area contributed by atoms with Gasteiger partial charge in [0.1, 0.15) is 11.3 Å². The number of pyridine rings is 1. The van der Waals surface area contributed by atoms with Crippen LogP contribution in [0.4, 0.5) is 0 Å². The van der Waals surface area contributed by atoms with Crippen molar-refractivity contribution in [1.82, 2.24) is 10.3 Å². The van der Waals surface area contributed by atoms with Crippen molar-refractivity contribution in [2.75, 3.05) is 0 Å². The molecule has 0 fully saturated rings. The number of amides is 1. The van der Waals surface area contributed by atoms with Crippen LogP contribution >= 0.6 is 11.6 Å². The number of fused-ring (bicyclic) bond motifs is 1. The summed E-state index contributed by atoms with van der Waals surface area (Å²) in [6.07, 6.45) is 2.63. The van der Waals surface area contributed by atoms with Crippen molar-refractivity contribution in [2.45, 2.75) is 25.8 Å². The molecule has 2 N–H and O–H groups in total. The van der Waals surface area contributed by atoms with E-state index in [4.69, 9.17) is 11.6 Å². The van der Waals surface area contributed by atoms with E-state index >= 15 is 0 Å². The summed E-state index contributed by atoms with van der Waals surface area (Å²) in [5, 5.41) is 24.0. The molecular weight excluding hydrogens is 362 g/mol. The maximum absolute atomic E-state index is 12.3. The second-order valence-corrected chi connectivity index (χ2v) is 6.59. The zero-order chi connectivity index (χ0) is 19.4. The van der Waals surface area contributed by atoms with Crippen LogP contribution in [-0.4, -0.2) is 16.0 Å². The number of carbonyl (C=O) groups is 1. The third kappa shape index (κ3) is 3.86. The quantitative estimate of drug-likeness (QED) is 0.684. The van der Waals surface area contributed by atoms with Crippen molar-refractivity contribution in [1.29, 1.82) is 5.26 Å². The third-order valence-electron chi connectivity index (χ3n) is 4.29. The Hall–Kier alpha value is -3.10. The van der Waals surface area contributed by atoms with Crippen LogP contribution in [0.1, 0.15) is 42.5 Å². The average Bonchev–Trinajstić information content (AvgIpc) is 2.69. The Morgan fingerprint density at radius 2 is 2.15 bits per heavy atom. The summed E-state index contributed by atoms with van der Waals surface area (Å²) in [5.41, 5.74) is 1.95. The zero-order valence-corrected chi connectivity index (χ0v) is 15.5. The maximum atomic E-state index is 12.3. The summed E-state index contributed by atoms with van der Waals surface area (Å²) >= 11 is 6.41. The largest absolute Gasteiger partial charge is 0.505 e. The van der Waals surface area contributed by atoms with Gasteiger partial charge in [-0.2, -0.15) is 5.26 Å². The molecule has 27 heavy (non-hydrogen) atoms. The van der Waals surface area contributed by atoms with Crippen LogP contribution in [-0.2, 0) is 4.79 Å². The number of phenols is 1. The van der Waals surface area contributed by atoms with E-state index in [1.807, 2.05) is 6.92 Å². The smallest absolute Gasteiger partial charge is 0.220 e. The summed E-state index contributed by atoms with van der Waals surface area (Å²) in [5.74, 6) is -0.194. The number of halogens is 1. The van der Waals surface area contributed by atoms with Crippen LogP contribution in [0.25, 0.3) is 10.9 Å². The van der Waals surface area contributed by atoms with Gasteiger partial charge in [-0.25, -0.2) is 0 Å². The van der Waals surface area contributed by atoms with E-state index in [1.54, 1.807) is 48.7 Å². The Kier molecular flexibility index (Phi) is 5.58. The third-order valence-corrected chi connectivity index (χ3v) is 4.60. The minimum absolute atomic E-state index is 0.0424. The normalized spacial score (nSPS) is 11.7. The number of rotatable bonds is 5. The van der Waals surface area contributed by atoms with Crippen molar-refractivity contribution in [3.05, 3.63) is 70.4 Å². The number of aromatic nitrogens is 1. The Morgan fingerprint density at radius 3 is 2.89 bits per heavy atom. The lowest BCUT2D eigenvalue weighted by atomic mass is 9.95. The van der Waals surface area contributed by atoms with E-state index in [0.29, 0.717) is 45.5 Å². The molecule has 0 aliphatic heterocycles. The molecule has 1 atom stereocenters.